The number of aryl methyl sites for hydroxylation is 1. The molecule has 118 valence electrons. The van der Waals surface area contributed by atoms with E-state index in [9.17, 15) is 18.3 Å². The topological polar surface area (TPSA) is 77.9 Å². The summed E-state index contributed by atoms with van der Waals surface area (Å²) in [5, 5.41) is 11.0. The van der Waals surface area contributed by atoms with Gasteiger partial charge in [-0.05, 0) is 37.8 Å². The van der Waals surface area contributed by atoms with Crippen molar-refractivity contribution >= 4 is 27.3 Å². The molecule has 0 bridgehead atoms. The van der Waals surface area contributed by atoms with E-state index >= 15 is 0 Å². The van der Waals surface area contributed by atoms with E-state index < -0.39 is 21.5 Å². The number of hydrogen-bond acceptors (Lipinski definition) is 5. The molecule has 0 spiro atoms. The highest BCUT2D eigenvalue weighted by Gasteiger charge is 2.39. The number of rotatable bonds is 4. The maximum absolute atomic E-state index is 12.6. The van der Waals surface area contributed by atoms with Crippen LogP contribution >= 0.6 is 11.3 Å². The van der Waals surface area contributed by atoms with Crippen molar-refractivity contribution in [2.75, 3.05) is 26.2 Å². The van der Waals surface area contributed by atoms with Gasteiger partial charge in [-0.2, -0.15) is 4.31 Å². The third kappa shape index (κ3) is 2.98. The van der Waals surface area contributed by atoms with Crippen LogP contribution in [0, 0.1) is 6.92 Å². The molecule has 1 aliphatic heterocycles. The molecular formula is C13H20N2O4S2. The summed E-state index contributed by atoms with van der Waals surface area (Å²) in [6.45, 7) is 6.54. The molecule has 1 aromatic heterocycles. The maximum atomic E-state index is 12.6. The highest BCUT2D eigenvalue weighted by atomic mass is 32.2. The van der Waals surface area contributed by atoms with Gasteiger partial charge in [0.05, 0.1) is 0 Å². The average molecular weight is 332 g/mol. The molecule has 1 aromatic rings. The fourth-order valence-corrected chi connectivity index (χ4v) is 5.34. The first-order chi connectivity index (χ1) is 9.67. The number of sulfonamides is 1. The third-order valence-corrected chi connectivity index (χ3v) is 7.51. The summed E-state index contributed by atoms with van der Waals surface area (Å²) in [5.74, 6) is -0.895. The Morgan fingerprint density at radius 2 is 1.86 bits per heavy atom. The standard InChI is InChI=1S/C13H20N2O4S2/c1-10-4-9-20-11(10)21(18,19)15-7-5-14(6-8-15)13(2,3)12(16)17/h4,9H,5-8H2,1-3H3,(H,16,17). The van der Waals surface area contributed by atoms with E-state index in [1.54, 1.807) is 32.2 Å². The Kier molecular flexibility index (Phi) is 4.44. The SMILES string of the molecule is Cc1ccsc1S(=O)(=O)N1CCN(C(C)(C)C(=O)O)CC1. The second kappa shape index (κ2) is 5.68. The van der Waals surface area contributed by atoms with Crippen LogP contribution in [0.25, 0.3) is 0 Å². The normalized spacial score (nSPS) is 18.8. The lowest BCUT2D eigenvalue weighted by Gasteiger charge is -2.40. The molecule has 6 nitrogen and oxygen atoms in total. The molecule has 2 heterocycles. The van der Waals surface area contributed by atoms with Crippen molar-refractivity contribution in [3.8, 4) is 0 Å². The highest BCUT2D eigenvalue weighted by molar-refractivity contribution is 7.91. The first-order valence-corrected chi connectivity index (χ1v) is 9.02. The Balaban J connectivity index is 2.12. The van der Waals surface area contributed by atoms with Crippen LogP contribution in [-0.4, -0.2) is 60.4 Å². The molecule has 0 atom stereocenters. The average Bonchev–Trinajstić information content (AvgIpc) is 2.85. The Hall–Kier alpha value is -0.960. The first-order valence-electron chi connectivity index (χ1n) is 6.70. The quantitative estimate of drug-likeness (QED) is 0.897. The van der Waals surface area contributed by atoms with E-state index in [1.165, 1.54) is 15.6 Å². The van der Waals surface area contributed by atoms with E-state index in [2.05, 4.69) is 0 Å². The zero-order chi connectivity index (χ0) is 15.8. The lowest BCUT2D eigenvalue weighted by Crippen LogP contribution is -2.58. The minimum atomic E-state index is -3.46. The number of aliphatic carboxylic acids is 1. The zero-order valence-electron chi connectivity index (χ0n) is 12.4. The van der Waals surface area contributed by atoms with Crippen molar-refractivity contribution in [2.24, 2.45) is 0 Å². The van der Waals surface area contributed by atoms with Gasteiger partial charge < -0.3 is 5.11 Å². The molecule has 0 aliphatic carbocycles. The van der Waals surface area contributed by atoms with Crippen LogP contribution in [0.15, 0.2) is 15.7 Å². The number of carboxylic acids is 1. The molecule has 1 fully saturated rings. The fourth-order valence-electron chi connectivity index (χ4n) is 2.36. The molecule has 0 radical (unpaired) electrons. The predicted octanol–water partition coefficient (Wildman–Crippen LogP) is 1.23. The van der Waals surface area contributed by atoms with Crippen molar-refractivity contribution in [1.82, 2.24) is 9.21 Å². The van der Waals surface area contributed by atoms with Crippen LogP contribution in [0.1, 0.15) is 19.4 Å². The maximum Gasteiger partial charge on any atom is 0.323 e. The van der Waals surface area contributed by atoms with Crippen LogP contribution in [0.4, 0.5) is 0 Å². The second-order valence-electron chi connectivity index (χ2n) is 5.65. The largest absolute Gasteiger partial charge is 0.480 e. The van der Waals surface area contributed by atoms with E-state index in [0.29, 0.717) is 30.4 Å². The van der Waals surface area contributed by atoms with Crippen molar-refractivity contribution in [1.29, 1.82) is 0 Å². The summed E-state index contributed by atoms with van der Waals surface area (Å²) < 4.78 is 26.9. The van der Waals surface area contributed by atoms with Crippen LogP contribution in [-0.2, 0) is 14.8 Å². The number of hydrogen-bond donors (Lipinski definition) is 1. The minimum Gasteiger partial charge on any atom is -0.480 e. The van der Waals surface area contributed by atoms with Gasteiger partial charge in [0.25, 0.3) is 10.0 Å². The zero-order valence-corrected chi connectivity index (χ0v) is 14.0. The molecule has 1 saturated heterocycles. The van der Waals surface area contributed by atoms with Crippen LogP contribution in [0.3, 0.4) is 0 Å². The molecular weight excluding hydrogens is 312 g/mol. The van der Waals surface area contributed by atoms with Gasteiger partial charge in [0.1, 0.15) is 9.75 Å². The smallest absolute Gasteiger partial charge is 0.323 e. The second-order valence-corrected chi connectivity index (χ2v) is 8.70. The lowest BCUT2D eigenvalue weighted by molar-refractivity contribution is -0.150. The van der Waals surface area contributed by atoms with E-state index in [1.807, 2.05) is 4.90 Å². The molecule has 2 rings (SSSR count). The van der Waals surface area contributed by atoms with Crippen molar-refractivity contribution in [3.05, 3.63) is 17.0 Å². The lowest BCUT2D eigenvalue weighted by atomic mass is 10.0. The van der Waals surface area contributed by atoms with Crippen LogP contribution in [0.2, 0.25) is 0 Å². The van der Waals surface area contributed by atoms with Crippen molar-refractivity contribution in [2.45, 2.75) is 30.5 Å². The molecule has 0 amide bonds. The number of thiophene rings is 1. The number of piperazine rings is 1. The first kappa shape index (κ1) is 16.4. The Bertz CT molecular complexity index is 628. The van der Waals surface area contributed by atoms with E-state index in [0.717, 1.165) is 5.56 Å². The van der Waals surface area contributed by atoms with Gasteiger partial charge >= 0.3 is 5.97 Å². The van der Waals surface area contributed by atoms with Crippen molar-refractivity contribution < 1.29 is 18.3 Å². The van der Waals surface area contributed by atoms with Gasteiger partial charge in [-0.15, -0.1) is 11.3 Å². The third-order valence-electron chi connectivity index (χ3n) is 3.94. The van der Waals surface area contributed by atoms with Crippen molar-refractivity contribution in [3.63, 3.8) is 0 Å². The summed E-state index contributed by atoms with van der Waals surface area (Å²) in [6.07, 6.45) is 0. The van der Waals surface area contributed by atoms with Gasteiger partial charge in [-0.25, -0.2) is 8.42 Å². The molecule has 21 heavy (non-hydrogen) atoms. The highest BCUT2D eigenvalue weighted by Crippen LogP contribution is 2.27. The Morgan fingerprint density at radius 1 is 1.29 bits per heavy atom. The minimum absolute atomic E-state index is 0.316. The molecule has 0 saturated carbocycles. The summed E-state index contributed by atoms with van der Waals surface area (Å²) in [5.41, 5.74) is -0.220. The van der Waals surface area contributed by atoms with Gasteiger partial charge in [-0.1, -0.05) is 0 Å². The molecule has 8 heteroatoms. The number of carbonyl (C=O) groups is 1. The molecule has 1 N–H and O–H groups in total. The van der Waals surface area contributed by atoms with Crippen LogP contribution < -0.4 is 0 Å². The summed E-state index contributed by atoms with van der Waals surface area (Å²) >= 11 is 1.22. The fraction of sp³-hybridized carbons (Fsp3) is 0.615. The number of carboxylic acid groups (broad SMARTS) is 1. The summed E-state index contributed by atoms with van der Waals surface area (Å²) in [7, 11) is -3.46. The predicted molar refractivity (Wildman–Crippen MR) is 81.1 cm³/mol. The van der Waals surface area contributed by atoms with E-state index in [4.69, 9.17) is 0 Å². The Labute approximate surface area is 129 Å². The van der Waals surface area contributed by atoms with Gasteiger partial charge in [0, 0.05) is 26.2 Å². The molecule has 0 unspecified atom stereocenters. The van der Waals surface area contributed by atoms with Crippen LogP contribution in [0.5, 0.6) is 0 Å². The molecule has 0 aromatic carbocycles. The monoisotopic (exact) mass is 332 g/mol. The summed E-state index contributed by atoms with van der Waals surface area (Å²) in [4.78, 5) is 13.1. The molecule has 1 aliphatic rings. The number of nitrogens with zero attached hydrogens (tertiary/aromatic N) is 2. The van der Waals surface area contributed by atoms with Gasteiger partial charge in [0.15, 0.2) is 0 Å². The Morgan fingerprint density at radius 3 is 2.29 bits per heavy atom. The van der Waals surface area contributed by atoms with Gasteiger partial charge in [-0.3, -0.25) is 9.69 Å². The van der Waals surface area contributed by atoms with Gasteiger partial charge in [0.2, 0.25) is 0 Å². The van der Waals surface area contributed by atoms with E-state index in [-0.39, 0.29) is 0 Å². The summed E-state index contributed by atoms with van der Waals surface area (Å²) in [6, 6.07) is 1.79.